The van der Waals surface area contributed by atoms with E-state index in [0.29, 0.717) is 18.4 Å². The number of Topliss-reactive ketones (excluding diaryl/α,β-unsaturated/α-hetero) is 1. The van der Waals surface area contributed by atoms with Crippen LogP contribution in [0.1, 0.15) is 78.1 Å². The number of hydrogen-bond donors (Lipinski definition) is 1. The number of fused-ring (bicyclic) bond motifs is 1. The van der Waals surface area contributed by atoms with Gasteiger partial charge in [0, 0.05) is 44.7 Å². The first kappa shape index (κ1) is 30.3. The van der Waals surface area contributed by atoms with E-state index in [9.17, 15) is 14.4 Å². The van der Waals surface area contributed by atoms with Crippen LogP contribution in [0.25, 0.3) is 0 Å². The van der Waals surface area contributed by atoms with E-state index in [4.69, 9.17) is 30.9 Å². The van der Waals surface area contributed by atoms with Gasteiger partial charge in [-0.05, 0) is 19.3 Å². The van der Waals surface area contributed by atoms with Crippen molar-refractivity contribution in [2.75, 3.05) is 20.7 Å². The van der Waals surface area contributed by atoms with Gasteiger partial charge in [0.15, 0.2) is 11.4 Å². The van der Waals surface area contributed by atoms with E-state index in [1.807, 2.05) is 6.08 Å². The second kappa shape index (κ2) is 14.7. The Kier molecular flexibility index (Phi) is 12.4. The Bertz CT molecular complexity index is 814. The van der Waals surface area contributed by atoms with Gasteiger partial charge in [-0.1, -0.05) is 69.7 Å². The Balaban J connectivity index is 1.78. The second-order valence-corrected chi connectivity index (χ2v) is 10.1. The normalized spacial score (nSPS) is 26.5. The molecular weight excluding hydrogens is 486 g/mol. The van der Waals surface area contributed by atoms with Crippen molar-refractivity contribution in [2.24, 2.45) is 5.92 Å². The fraction of sp³-hybridized carbons (Fsp3) is 0.741. The van der Waals surface area contributed by atoms with Crippen molar-refractivity contribution in [3.8, 4) is 0 Å². The third-order valence-corrected chi connectivity index (χ3v) is 7.52. The lowest BCUT2D eigenvalue weighted by Gasteiger charge is -2.30. The molecule has 1 aliphatic heterocycles. The van der Waals surface area contributed by atoms with Crippen molar-refractivity contribution in [1.29, 1.82) is 0 Å². The number of amides is 1. The van der Waals surface area contributed by atoms with Crippen LogP contribution in [0.3, 0.4) is 0 Å². The predicted molar refractivity (Wildman–Crippen MR) is 138 cm³/mol. The summed E-state index contributed by atoms with van der Waals surface area (Å²) in [7, 11) is 3.42. The van der Waals surface area contributed by atoms with Crippen molar-refractivity contribution < 1.29 is 33.7 Å². The lowest BCUT2D eigenvalue weighted by molar-refractivity contribution is -0.133. The Hall–Kier alpha value is -1.90. The molecule has 2 aliphatic rings. The molecule has 8 nitrogen and oxygen atoms in total. The van der Waals surface area contributed by atoms with E-state index >= 15 is 0 Å². The van der Waals surface area contributed by atoms with E-state index in [1.54, 1.807) is 26.0 Å². The van der Waals surface area contributed by atoms with Crippen molar-refractivity contribution >= 4 is 29.4 Å². The highest BCUT2D eigenvalue weighted by Crippen LogP contribution is 2.52. The number of rotatable bonds is 16. The van der Waals surface area contributed by atoms with Crippen molar-refractivity contribution in [1.82, 2.24) is 4.90 Å². The lowest BCUT2D eigenvalue weighted by Crippen LogP contribution is -2.48. The Morgan fingerprint density at radius 1 is 1.28 bits per heavy atom. The van der Waals surface area contributed by atoms with Crippen LogP contribution in [0.2, 0.25) is 0 Å². The minimum Gasteiger partial charge on any atom is -0.450 e. The summed E-state index contributed by atoms with van der Waals surface area (Å²) in [6.07, 6.45) is 11.0. The van der Waals surface area contributed by atoms with Gasteiger partial charge in [-0.25, -0.2) is 4.79 Å². The number of epoxide rings is 1. The van der Waals surface area contributed by atoms with Gasteiger partial charge in [0.05, 0.1) is 12.0 Å². The van der Waals surface area contributed by atoms with Crippen molar-refractivity contribution in [3.63, 3.8) is 0 Å². The molecule has 0 aromatic heterocycles. The standard InChI is InChI=1S/C27H42ClNO7/c1-5-6-7-8-10-13-21(34-4)14-11-9-12-15-24(30)29(3)18-20(17-28)27-23(36-27)16-22(35-26(32)33)19(2)25(27)31/h9,11,17,19,21-23H,5-8,10,12-16,18H2,1-4H3,(H,32,33)/b11-9+,20-17-/t19-,21+,22-,23+,27+/m1/s1. The molecule has 0 aromatic rings. The van der Waals surface area contributed by atoms with Gasteiger partial charge in [-0.15, -0.1) is 0 Å². The number of likely N-dealkylation sites (N-methyl/N-ethyl adjacent to an activating group) is 1. The summed E-state index contributed by atoms with van der Waals surface area (Å²) in [4.78, 5) is 38.2. The average Bonchev–Trinajstić information content (AvgIpc) is 3.58. The van der Waals surface area contributed by atoms with Gasteiger partial charge in [0.1, 0.15) is 12.2 Å². The Labute approximate surface area is 220 Å². The predicted octanol–water partition coefficient (Wildman–Crippen LogP) is 5.48. The first-order valence-corrected chi connectivity index (χ1v) is 13.5. The summed E-state index contributed by atoms with van der Waals surface area (Å²) < 4.78 is 16.2. The number of unbranched alkanes of at least 4 members (excludes halogenated alkanes) is 4. The minimum atomic E-state index is -1.42. The van der Waals surface area contributed by atoms with Crippen LogP contribution < -0.4 is 0 Å². The minimum absolute atomic E-state index is 0.0631. The van der Waals surface area contributed by atoms with Crippen LogP contribution >= 0.6 is 11.6 Å². The molecule has 2 fully saturated rings. The zero-order valence-electron chi connectivity index (χ0n) is 22.0. The quantitative estimate of drug-likeness (QED) is 0.123. The topological polar surface area (TPSA) is 106 Å². The summed E-state index contributed by atoms with van der Waals surface area (Å²) >= 11 is 6.07. The Morgan fingerprint density at radius 2 is 2.00 bits per heavy atom. The third-order valence-electron chi connectivity index (χ3n) is 7.26. The molecule has 36 heavy (non-hydrogen) atoms. The lowest BCUT2D eigenvalue weighted by atomic mass is 9.75. The number of allylic oxidation sites excluding steroid dienone is 1. The molecule has 0 aromatic carbocycles. The van der Waals surface area contributed by atoms with Gasteiger partial charge >= 0.3 is 6.16 Å². The SMILES string of the molecule is CCCCCCC[C@@H](C/C=C/CCC(=O)N(C)C/C(=C/Cl)[C@]12O[C@H]1C[C@@H](OC(=O)O)[C@@H](C)C2=O)OC. The highest BCUT2D eigenvalue weighted by atomic mass is 35.5. The van der Waals surface area contributed by atoms with Crippen LogP contribution in [0.5, 0.6) is 0 Å². The number of carbonyl (C=O) groups is 3. The number of methoxy groups -OCH3 is 1. The summed E-state index contributed by atoms with van der Waals surface area (Å²) in [5.74, 6) is -0.990. The molecule has 0 unspecified atom stereocenters. The average molecular weight is 528 g/mol. The molecule has 1 heterocycles. The number of hydrogen-bond acceptors (Lipinski definition) is 6. The van der Waals surface area contributed by atoms with E-state index in [1.165, 1.54) is 37.6 Å². The number of ether oxygens (including phenoxy) is 3. The summed E-state index contributed by atoms with van der Waals surface area (Å²) in [6, 6.07) is 0. The fourth-order valence-corrected chi connectivity index (χ4v) is 5.14. The largest absolute Gasteiger partial charge is 0.506 e. The van der Waals surface area contributed by atoms with Gasteiger partial charge in [0.2, 0.25) is 5.91 Å². The van der Waals surface area contributed by atoms with Gasteiger partial charge < -0.3 is 24.2 Å². The van der Waals surface area contributed by atoms with Crippen LogP contribution in [-0.4, -0.2) is 72.5 Å². The van der Waals surface area contributed by atoms with Crippen LogP contribution in [-0.2, 0) is 23.8 Å². The van der Waals surface area contributed by atoms with Gasteiger partial charge in [-0.3, -0.25) is 9.59 Å². The number of nitrogens with zero attached hydrogens (tertiary/aromatic N) is 1. The monoisotopic (exact) mass is 527 g/mol. The fourth-order valence-electron chi connectivity index (χ4n) is 4.91. The van der Waals surface area contributed by atoms with E-state index in [-0.39, 0.29) is 30.8 Å². The van der Waals surface area contributed by atoms with Crippen molar-refractivity contribution in [3.05, 3.63) is 23.3 Å². The third kappa shape index (κ3) is 8.05. The molecule has 1 saturated heterocycles. The maximum Gasteiger partial charge on any atom is 0.506 e. The summed E-state index contributed by atoms with van der Waals surface area (Å²) in [5, 5.41) is 8.91. The molecule has 2 rings (SSSR count). The highest BCUT2D eigenvalue weighted by Gasteiger charge is 2.69. The van der Waals surface area contributed by atoms with Crippen LogP contribution in [0, 0.1) is 5.92 Å². The van der Waals surface area contributed by atoms with E-state index in [2.05, 4.69) is 13.0 Å². The maximum absolute atomic E-state index is 13.0. The Morgan fingerprint density at radius 3 is 2.64 bits per heavy atom. The zero-order valence-corrected chi connectivity index (χ0v) is 22.8. The van der Waals surface area contributed by atoms with Crippen LogP contribution in [0.4, 0.5) is 4.79 Å². The smallest absolute Gasteiger partial charge is 0.450 e. The second-order valence-electron chi connectivity index (χ2n) is 9.84. The summed E-state index contributed by atoms with van der Waals surface area (Å²) in [6.45, 7) is 4.00. The zero-order chi connectivity index (χ0) is 26.7. The van der Waals surface area contributed by atoms with E-state index < -0.39 is 29.9 Å². The molecule has 9 heteroatoms. The molecule has 1 saturated carbocycles. The molecule has 204 valence electrons. The summed E-state index contributed by atoms with van der Waals surface area (Å²) in [5.41, 5.74) is 0.618. The van der Waals surface area contributed by atoms with Crippen molar-refractivity contribution in [2.45, 2.75) is 102 Å². The number of ketones is 1. The molecule has 1 amide bonds. The number of halogens is 1. The number of carboxylic acid groups (broad SMARTS) is 1. The first-order valence-electron chi connectivity index (χ1n) is 13.0. The van der Waals surface area contributed by atoms with Crippen LogP contribution in [0.15, 0.2) is 23.3 Å². The maximum atomic E-state index is 13.0. The molecular formula is C27H42ClNO7. The molecule has 0 bridgehead atoms. The molecule has 0 radical (unpaired) electrons. The molecule has 1 aliphatic carbocycles. The molecule has 1 N–H and O–H groups in total. The first-order chi connectivity index (χ1) is 17.2. The van der Waals surface area contributed by atoms with Gasteiger partial charge in [-0.2, -0.15) is 0 Å². The van der Waals surface area contributed by atoms with E-state index in [0.717, 1.165) is 12.8 Å². The number of carbonyl (C=O) groups excluding carboxylic acids is 2. The molecule has 0 spiro atoms. The highest BCUT2D eigenvalue weighted by molar-refractivity contribution is 6.26. The van der Waals surface area contributed by atoms with Gasteiger partial charge in [0.25, 0.3) is 0 Å². The molecule has 5 atom stereocenters.